The molecule has 2 heterocycles. The average molecular weight is 246 g/mol. The quantitative estimate of drug-likeness (QED) is 0.794. The SMILES string of the molecule is CCCNCc1c(N(C)CC)nc2ccccn12. The lowest BCUT2D eigenvalue weighted by Crippen LogP contribution is -2.21. The van der Waals surface area contributed by atoms with Crippen LogP contribution in [-0.4, -0.2) is 29.5 Å². The molecular weight excluding hydrogens is 224 g/mol. The Bertz CT molecular complexity index is 503. The van der Waals surface area contributed by atoms with Crippen molar-refractivity contribution in [3.8, 4) is 0 Å². The molecule has 0 aromatic carbocycles. The van der Waals surface area contributed by atoms with Crippen molar-refractivity contribution in [1.29, 1.82) is 0 Å². The minimum Gasteiger partial charge on any atom is -0.358 e. The van der Waals surface area contributed by atoms with E-state index >= 15 is 0 Å². The Balaban J connectivity index is 2.37. The van der Waals surface area contributed by atoms with Crippen molar-refractivity contribution in [3.05, 3.63) is 30.1 Å². The van der Waals surface area contributed by atoms with Crippen LogP contribution in [0.3, 0.4) is 0 Å². The molecule has 0 aliphatic carbocycles. The van der Waals surface area contributed by atoms with Crippen LogP contribution < -0.4 is 10.2 Å². The van der Waals surface area contributed by atoms with Crippen molar-refractivity contribution >= 4 is 11.5 Å². The summed E-state index contributed by atoms with van der Waals surface area (Å²) in [5, 5.41) is 3.46. The minimum absolute atomic E-state index is 0.860. The van der Waals surface area contributed by atoms with E-state index in [0.717, 1.165) is 37.5 Å². The zero-order valence-electron chi connectivity index (χ0n) is 11.5. The van der Waals surface area contributed by atoms with E-state index in [1.54, 1.807) is 0 Å². The summed E-state index contributed by atoms with van der Waals surface area (Å²) in [7, 11) is 2.09. The van der Waals surface area contributed by atoms with Crippen LogP contribution in [0.25, 0.3) is 5.65 Å². The topological polar surface area (TPSA) is 32.6 Å². The number of fused-ring (bicyclic) bond motifs is 1. The van der Waals surface area contributed by atoms with Gasteiger partial charge in [0.05, 0.1) is 5.69 Å². The highest BCUT2D eigenvalue weighted by molar-refractivity contribution is 5.55. The number of aromatic nitrogens is 2. The number of hydrogen-bond acceptors (Lipinski definition) is 3. The van der Waals surface area contributed by atoms with Crippen LogP contribution in [0.4, 0.5) is 5.82 Å². The highest BCUT2D eigenvalue weighted by Crippen LogP contribution is 2.20. The molecule has 0 spiro atoms. The minimum atomic E-state index is 0.860. The van der Waals surface area contributed by atoms with E-state index in [2.05, 4.69) is 47.8 Å². The van der Waals surface area contributed by atoms with Gasteiger partial charge in [0, 0.05) is 26.3 Å². The molecule has 4 heteroatoms. The number of pyridine rings is 1. The van der Waals surface area contributed by atoms with Crippen LogP contribution in [0.5, 0.6) is 0 Å². The first-order valence-corrected chi connectivity index (χ1v) is 6.65. The molecule has 0 radical (unpaired) electrons. The van der Waals surface area contributed by atoms with Gasteiger partial charge < -0.3 is 14.6 Å². The van der Waals surface area contributed by atoms with Gasteiger partial charge in [-0.25, -0.2) is 4.98 Å². The number of nitrogens with one attached hydrogen (secondary N) is 1. The molecule has 2 aromatic rings. The molecule has 0 aliphatic heterocycles. The molecule has 0 fully saturated rings. The van der Waals surface area contributed by atoms with Crippen molar-refractivity contribution in [2.24, 2.45) is 0 Å². The third-order valence-corrected chi connectivity index (χ3v) is 3.16. The summed E-state index contributed by atoms with van der Waals surface area (Å²) in [4.78, 5) is 6.90. The van der Waals surface area contributed by atoms with Gasteiger partial charge in [-0.05, 0) is 32.0 Å². The molecule has 2 rings (SSSR count). The van der Waals surface area contributed by atoms with Crippen molar-refractivity contribution in [2.75, 3.05) is 25.0 Å². The fourth-order valence-corrected chi connectivity index (χ4v) is 2.04. The molecule has 0 aliphatic rings. The Hall–Kier alpha value is -1.55. The van der Waals surface area contributed by atoms with E-state index in [1.165, 1.54) is 5.69 Å². The number of nitrogens with zero attached hydrogens (tertiary/aromatic N) is 3. The summed E-state index contributed by atoms with van der Waals surface area (Å²) < 4.78 is 2.17. The molecule has 0 bridgehead atoms. The monoisotopic (exact) mass is 246 g/mol. The van der Waals surface area contributed by atoms with E-state index < -0.39 is 0 Å². The second-order valence-electron chi connectivity index (χ2n) is 4.50. The summed E-state index contributed by atoms with van der Waals surface area (Å²) in [5.74, 6) is 1.08. The van der Waals surface area contributed by atoms with Crippen molar-refractivity contribution in [3.63, 3.8) is 0 Å². The summed E-state index contributed by atoms with van der Waals surface area (Å²) in [6, 6.07) is 6.13. The van der Waals surface area contributed by atoms with E-state index in [9.17, 15) is 0 Å². The van der Waals surface area contributed by atoms with Crippen LogP contribution >= 0.6 is 0 Å². The van der Waals surface area contributed by atoms with E-state index in [4.69, 9.17) is 4.98 Å². The van der Waals surface area contributed by atoms with Crippen LogP contribution in [0.1, 0.15) is 26.0 Å². The fourth-order valence-electron chi connectivity index (χ4n) is 2.04. The molecule has 0 atom stereocenters. The third kappa shape index (κ3) is 2.48. The average Bonchev–Trinajstić information content (AvgIpc) is 2.77. The van der Waals surface area contributed by atoms with Crippen LogP contribution in [-0.2, 0) is 6.54 Å². The Labute approximate surface area is 109 Å². The number of rotatable bonds is 6. The van der Waals surface area contributed by atoms with Gasteiger partial charge >= 0.3 is 0 Å². The summed E-state index contributed by atoms with van der Waals surface area (Å²) in [5.41, 5.74) is 2.25. The number of anilines is 1. The maximum Gasteiger partial charge on any atom is 0.152 e. The van der Waals surface area contributed by atoms with E-state index in [-0.39, 0.29) is 0 Å². The Morgan fingerprint density at radius 3 is 2.89 bits per heavy atom. The largest absolute Gasteiger partial charge is 0.358 e. The highest BCUT2D eigenvalue weighted by Gasteiger charge is 2.13. The molecule has 1 N–H and O–H groups in total. The highest BCUT2D eigenvalue weighted by atomic mass is 15.2. The van der Waals surface area contributed by atoms with Gasteiger partial charge in [-0.15, -0.1) is 0 Å². The summed E-state index contributed by atoms with van der Waals surface area (Å²) in [6.45, 7) is 7.19. The smallest absolute Gasteiger partial charge is 0.152 e. The second-order valence-corrected chi connectivity index (χ2v) is 4.50. The number of hydrogen-bond donors (Lipinski definition) is 1. The molecule has 98 valence electrons. The lowest BCUT2D eigenvalue weighted by atomic mass is 10.3. The molecule has 2 aromatic heterocycles. The first kappa shape index (κ1) is 12.9. The molecule has 0 unspecified atom stereocenters. The normalized spacial score (nSPS) is 11.1. The molecule has 4 nitrogen and oxygen atoms in total. The van der Waals surface area contributed by atoms with Crippen molar-refractivity contribution < 1.29 is 0 Å². The molecular formula is C14H22N4. The zero-order chi connectivity index (χ0) is 13.0. The lowest BCUT2D eigenvalue weighted by Gasteiger charge is -2.16. The van der Waals surface area contributed by atoms with E-state index in [1.807, 2.05) is 12.1 Å². The molecule has 0 saturated heterocycles. The Morgan fingerprint density at radius 1 is 1.33 bits per heavy atom. The molecule has 18 heavy (non-hydrogen) atoms. The van der Waals surface area contributed by atoms with Crippen molar-refractivity contribution in [1.82, 2.24) is 14.7 Å². The first-order valence-electron chi connectivity index (χ1n) is 6.65. The molecule has 0 saturated carbocycles. The second kappa shape index (κ2) is 5.87. The van der Waals surface area contributed by atoms with Crippen LogP contribution in [0.2, 0.25) is 0 Å². The summed E-state index contributed by atoms with van der Waals surface area (Å²) in [6.07, 6.45) is 3.23. The zero-order valence-corrected chi connectivity index (χ0v) is 11.5. The lowest BCUT2D eigenvalue weighted by molar-refractivity contribution is 0.659. The van der Waals surface area contributed by atoms with Gasteiger partial charge in [0.25, 0.3) is 0 Å². The Kier molecular flexibility index (Phi) is 4.20. The van der Waals surface area contributed by atoms with Crippen LogP contribution in [0.15, 0.2) is 24.4 Å². The van der Waals surface area contributed by atoms with Gasteiger partial charge in [-0.1, -0.05) is 13.0 Å². The standard InChI is InChI=1S/C14H22N4/c1-4-9-15-11-12-14(17(3)5-2)16-13-8-6-7-10-18(12)13/h6-8,10,15H,4-5,9,11H2,1-3H3. The Morgan fingerprint density at radius 2 is 2.17 bits per heavy atom. The predicted molar refractivity (Wildman–Crippen MR) is 76.1 cm³/mol. The van der Waals surface area contributed by atoms with Gasteiger partial charge in [-0.2, -0.15) is 0 Å². The van der Waals surface area contributed by atoms with Gasteiger partial charge in [0.15, 0.2) is 5.82 Å². The van der Waals surface area contributed by atoms with Crippen molar-refractivity contribution in [2.45, 2.75) is 26.8 Å². The van der Waals surface area contributed by atoms with Gasteiger partial charge in [0.1, 0.15) is 5.65 Å². The number of imidazole rings is 1. The maximum absolute atomic E-state index is 4.71. The van der Waals surface area contributed by atoms with Gasteiger partial charge in [0.2, 0.25) is 0 Å². The van der Waals surface area contributed by atoms with Crippen LogP contribution in [0, 0.1) is 0 Å². The maximum atomic E-state index is 4.71. The summed E-state index contributed by atoms with van der Waals surface area (Å²) >= 11 is 0. The third-order valence-electron chi connectivity index (χ3n) is 3.16. The van der Waals surface area contributed by atoms with Gasteiger partial charge in [-0.3, -0.25) is 0 Å². The molecule has 0 amide bonds. The van der Waals surface area contributed by atoms with E-state index in [0.29, 0.717) is 0 Å². The fraction of sp³-hybridized carbons (Fsp3) is 0.500. The first-order chi connectivity index (χ1) is 8.77. The predicted octanol–water partition coefficient (Wildman–Crippen LogP) is 2.29.